The van der Waals surface area contributed by atoms with Crippen LogP contribution in [-0.2, 0) is 19.1 Å². The molecule has 22 heavy (non-hydrogen) atoms. The Morgan fingerprint density at radius 3 is 1.95 bits per heavy atom. The highest BCUT2D eigenvalue weighted by molar-refractivity contribution is 5.86. The van der Waals surface area contributed by atoms with Gasteiger partial charge in [0.2, 0.25) is 0 Å². The molecule has 0 heterocycles. The molecule has 0 aliphatic heterocycles. The van der Waals surface area contributed by atoms with Crippen LogP contribution in [0.25, 0.3) is 0 Å². The van der Waals surface area contributed by atoms with Gasteiger partial charge in [-0.3, -0.25) is 9.59 Å². The number of hydrogen-bond acceptors (Lipinski definition) is 4. The summed E-state index contributed by atoms with van der Waals surface area (Å²) in [7, 11) is 0. The van der Waals surface area contributed by atoms with E-state index in [9.17, 15) is 24.6 Å². The second kappa shape index (κ2) is 4.33. The predicted molar refractivity (Wildman–Crippen MR) is 74.9 cm³/mol. The number of carbonyl (C=O) groups is 3. The molecule has 4 aliphatic carbocycles. The minimum atomic E-state index is -1.30. The summed E-state index contributed by atoms with van der Waals surface area (Å²) in [5.41, 5.74) is -2.93. The minimum Gasteiger partial charge on any atom is -0.481 e. The molecule has 0 spiro atoms. The van der Waals surface area contributed by atoms with E-state index in [2.05, 4.69) is 6.58 Å². The van der Waals surface area contributed by atoms with Crippen LogP contribution in [0.1, 0.15) is 39.0 Å². The van der Waals surface area contributed by atoms with Gasteiger partial charge in [-0.05, 0) is 43.4 Å². The predicted octanol–water partition coefficient (Wildman–Crippen LogP) is 1.84. The molecule has 0 radical (unpaired) electrons. The van der Waals surface area contributed by atoms with Gasteiger partial charge in [0, 0.05) is 6.08 Å². The molecule has 0 aromatic carbocycles. The molecule has 0 amide bonds. The third-order valence-corrected chi connectivity index (χ3v) is 5.83. The fraction of sp³-hybridized carbons (Fsp3) is 0.688. The summed E-state index contributed by atoms with van der Waals surface area (Å²) in [4.78, 5) is 35.7. The van der Waals surface area contributed by atoms with Crippen LogP contribution in [0.2, 0.25) is 0 Å². The molecular weight excluding hydrogens is 288 g/mol. The SMILES string of the molecule is C=CC(=O)OC1C2(C(=O)O)CC3CC(C)(C2)CC1(C(=O)O)C3. The van der Waals surface area contributed by atoms with E-state index in [1.165, 1.54) is 0 Å². The van der Waals surface area contributed by atoms with Gasteiger partial charge in [-0.15, -0.1) is 0 Å². The Morgan fingerprint density at radius 2 is 1.59 bits per heavy atom. The zero-order valence-electron chi connectivity index (χ0n) is 12.5. The van der Waals surface area contributed by atoms with Crippen LogP contribution in [0.15, 0.2) is 12.7 Å². The Hall–Kier alpha value is -1.85. The fourth-order valence-corrected chi connectivity index (χ4v) is 5.69. The van der Waals surface area contributed by atoms with Gasteiger partial charge in [-0.25, -0.2) is 4.79 Å². The van der Waals surface area contributed by atoms with E-state index in [4.69, 9.17) is 4.74 Å². The van der Waals surface area contributed by atoms with E-state index < -0.39 is 34.8 Å². The highest BCUT2D eigenvalue weighted by atomic mass is 16.5. The molecule has 4 bridgehead atoms. The van der Waals surface area contributed by atoms with Crippen molar-refractivity contribution in [3.63, 3.8) is 0 Å². The Morgan fingerprint density at radius 1 is 1.09 bits per heavy atom. The first-order chi connectivity index (χ1) is 10.2. The van der Waals surface area contributed by atoms with Crippen LogP contribution in [-0.4, -0.2) is 34.2 Å². The molecule has 6 heteroatoms. The number of esters is 1. The summed E-state index contributed by atoms with van der Waals surface area (Å²) in [6.45, 7) is 5.28. The van der Waals surface area contributed by atoms with Crippen molar-refractivity contribution in [1.82, 2.24) is 0 Å². The Kier molecular flexibility index (Phi) is 2.97. The topological polar surface area (TPSA) is 101 Å². The van der Waals surface area contributed by atoms with Crippen LogP contribution in [0.4, 0.5) is 0 Å². The van der Waals surface area contributed by atoms with E-state index in [0.717, 1.165) is 12.5 Å². The fourth-order valence-electron chi connectivity index (χ4n) is 5.69. The van der Waals surface area contributed by atoms with Gasteiger partial charge in [0.1, 0.15) is 16.9 Å². The van der Waals surface area contributed by atoms with Crippen molar-refractivity contribution in [1.29, 1.82) is 0 Å². The average Bonchev–Trinajstić information content (AvgIpc) is 2.40. The zero-order chi connectivity index (χ0) is 16.3. The molecule has 2 unspecified atom stereocenters. The maximum atomic E-state index is 12.0. The molecule has 6 nitrogen and oxygen atoms in total. The van der Waals surface area contributed by atoms with Gasteiger partial charge < -0.3 is 14.9 Å². The van der Waals surface area contributed by atoms with E-state index in [0.29, 0.717) is 25.7 Å². The quantitative estimate of drug-likeness (QED) is 0.607. The van der Waals surface area contributed by atoms with Gasteiger partial charge >= 0.3 is 17.9 Å². The first kappa shape index (κ1) is 15.1. The summed E-state index contributed by atoms with van der Waals surface area (Å²) >= 11 is 0. The summed E-state index contributed by atoms with van der Waals surface area (Å²) in [6.07, 6.45) is 2.14. The van der Waals surface area contributed by atoms with Crippen LogP contribution in [0.5, 0.6) is 0 Å². The molecule has 4 fully saturated rings. The Balaban J connectivity index is 2.14. The summed E-state index contributed by atoms with van der Waals surface area (Å²) in [6, 6.07) is 0. The normalized spacial score (nSPS) is 45.3. The van der Waals surface area contributed by atoms with Crippen molar-refractivity contribution in [3.8, 4) is 0 Å². The smallest absolute Gasteiger partial charge is 0.330 e. The van der Waals surface area contributed by atoms with E-state index in [1.54, 1.807) is 0 Å². The molecule has 2 atom stereocenters. The van der Waals surface area contributed by atoms with Crippen molar-refractivity contribution < 1.29 is 29.3 Å². The first-order valence-corrected chi connectivity index (χ1v) is 7.47. The lowest BCUT2D eigenvalue weighted by Crippen LogP contribution is -2.70. The Bertz CT molecular complexity index is 547. The zero-order valence-corrected chi connectivity index (χ0v) is 12.5. The molecule has 0 saturated heterocycles. The van der Waals surface area contributed by atoms with Crippen molar-refractivity contribution in [3.05, 3.63) is 12.7 Å². The second-order valence-corrected chi connectivity index (χ2v) is 7.59. The number of ether oxygens (including phenoxy) is 1. The number of rotatable bonds is 4. The lowest BCUT2D eigenvalue weighted by Gasteiger charge is -2.65. The van der Waals surface area contributed by atoms with E-state index in [-0.39, 0.29) is 11.3 Å². The van der Waals surface area contributed by atoms with Gasteiger partial charge in [-0.2, -0.15) is 0 Å². The van der Waals surface area contributed by atoms with Gasteiger partial charge in [0.05, 0.1) is 0 Å². The standard InChI is InChI=1S/C16H20O6/c1-3-10(17)22-11-15(12(18)19)5-9-4-14(2,7-15)8-16(11,6-9)13(20)21/h3,9,11H,1,4-8H2,2H3,(H,18,19)(H,20,21). The lowest BCUT2D eigenvalue weighted by molar-refractivity contribution is -0.247. The molecule has 0 aromatic heterocycles. The molecule has 4 saturated carbocycles. The van der Waals surface area contributed by atoms with Gasteiger partial charge in [-0.1, -0.05) is 13.5 Å². The van der Waals surface area contributed by atoms with Gasteiger partial charge in [0.15, 0.2) is 0 Å². The second-order valence-electron chi connectivity index (χ2n) is 7.59. The largest absolute Gasteiger partial charge is 0.481 e. The number of carboxylic acid groups (broad SMARTS) is 2. The maximum Gasteiger partial charge on any atom is 0.330 e. The van der Waals surface area contributed by atoms with Crippen LogP contribution < -0.4 is 0 Å². The lowest BCUT2D eigenvalue weighted by atomic mass is 9.38. The highest BCUT2D eigenvalue weighted by Gasteiger charge is 2.74. The minimum absolute atomic E-state index is 0.0541. The molecule has 4 rings (SSSR count). The van der Waals surface area contributed by atoms with Crippen molar-refractivity contribution in [2.24, 2.45) is 22.2 Å². The number of carbonyl (C=O) groups excluding carboxylic acids is 1. The highest BCUT2D eigenvalue weighted by Crippen LogP contribution is 2.70. The maximum absolute atomic E-state index is 12.0. The number of hydrogen-bond donors (Lipinski definition) is 2. The molecule has 4 aliphatic rings. The van der Waals surface area contributed by atoms with Crippen molar-refractivity contribution in [2.45, 2.75) is 45.1 Å². The third kappa shape index (κ3) is 1.76. The summed E-state index contributed by atoms with van der Waals surface area (Å²) < 4.78 is 5.33. The van der Waals surface area contributed by atoms with E-state index >= 15 is 0 Å². The first-order valence-electron chi connectivity index (χ1n) is 7.47. The molecule has 0 aromatic rings. The van der Waals surface area contributed by atoms with Crippen molar-refractivity contribution >= 4 is 17.9 Å². The van der Waals surface area contributed by atoms with Crippen LogP contribution in [0, 0.1) is 22.2 Å². The third-order valence-electron chi connectivity index (χ3n) is 5.83. The average molecular weight is 308 g/mol. The van der Waals surface area contributed by atoms with E-state index in [1.807, 2.05) is 6.92 Å². The molecular formula is C16H20O6. The monoisotopic (exact) mass is 308 g/mol. The molecule has 2 N–H and O–H groups in total. The summed E-state index contributed by atoms with van der Waals surface area (Å²) in [5.74, 6) is -2.83. The van der Waals surface area contributed by atoms with Gasteiger partial charge in [0.25, 0.3) is 0 Å². The number of aliphatic carboxylic acids is 2. The van der Waals surface area contributed by atoms with Crippen LogP contribution >= 0.6 is 0 Å². The number of carboxylic acids is 2. The summed E-state index contributed by atoms with van der Waals surface area (Å²) in [5, 5.41) is 19.7. The Labute approximate surface area is 128 Å². The van der Waals surface area contributed by atoms with Crippen LogP contribution in [0.3, 0.4) is 0 Å². The molecule has 120 valence electrons. The van der Waals surface area contributed by atoms with Crippen molar-refractivity contribution in [2.75, 3.05) is 0 Å².